The lowest BCUT2D eigenvalue weighted by molar-refractivity contribution is -0.122. The summed E-state index contributed by atoms with van der Waals surface area (Å²) in [6.07, 6.45) is 37.0. The third-order valence-corrected chi connectivity index (χ3v) is 8.32. The monoisotopic (exact) mass is 611 g/mol. The largest absolute Gasteiger partial charge is 0.387 e. The molecule has 0 aromatic carbocycles. The van der Waals surface area contributed by atoms with Gasteiger partial charge in [-0.25, -0.2) is 0 Å². The quantitative estimate of drug-likeness (QED) is 0.0426. The lowest BCUT2D eigenvalue weighted by atomic mass is 10.1. The fourth-order valence-electron chi connectivity index (χ4n) is 4.93. The Balaban J connectivity index is 4.06. The van der Waals surface area contributed by atoms with Gasteiger partial charge in [0.2, 0.25) is 5.91 Å². The summed E-state index contributed by atoms with van der Waals surface area (Å²) in [6.45, 7) is 4.46. The smallest absolute Gasteiger partial charge is 0.267 e. The topological polar surface area (TPSA) is 104 Å². The lowest BCUT2D eigenvalue weighted by Gasteiger charge is -2.21. The summed E-state index contributed by atoms with van der Waals surface area (Å²) in [5.41, 5.74) is 0. The highest BCUT2D eigenvalue weighted by molar-refractivity contribution is 7.85. The van der Waals surface area contributed by atoms with Crippen LogP contribution in [0.5, 0.6) is 0 Å². The molecule has 0 bridgehead atoms. The van der Waals surface area contributed by atoms with Crippen LogP contribution in [0.3, 0.4) is 0 Å². The molecule has 0 rings (SSSR count). The van der Waals surface area contributed by atoms with Crippen LogP contribution in [0.25, 0.3) is 0 Å². The number of carbonyl (C=O) groups is 1. The van der Waals surface area contributed by atoms with Crippen LogP contribution in [0.1, 0.15) is 162 Å². The predicted molar refractivity (Wildman–Crippen MR) is 179 cm³/mol. The van der Waals surface area contributed by atoms with Crippen LogP contribution in [-0.4, -0.2) is 41.9 Å². The van der Waals surface area contributed by atoms with Gasteiger partial charge < -0.3 is 10.4 Å². The van der Waals surface area contributed by atoms with Gasteiger partial charge in [0.05, 0.1) is 17.9 Å². The van der Waals surface area contributed by atoms with E-state index in [1.54, 1.807) is 6.08 Å². The Hall–Kier alpha value is -1.44. The lowest BCUT2D eigenvalue weighted by Crippen LogP contribution is -2.46. The minimum absolute atomic E-state index is 0.278. The highest BCUT2D eigenvalue weighted by atomic mass is 32.2. The molecule has 42 heavy (non-hydrogen) atoms. The summed E-state index contributed by atoms with van der Waals surface area (Å²) in [5.74, 6) is -1.01. The molecule has 246 valence electrons. The molecule has 3 N–H and O–H groups in total. The zero-order chi connectivity index (χ0) is 31.2. The number of aliphatic hydroxyl groups is 1. The van der Waals surface area contributed by atoms with E-state index in [2.05, 4.69) is 43.5 Å². The second-order valence-electron chi connectivity index (χ2n) is 11.8. The SMILES string of the molecule is CCCCCCC/C=C/CC/C=C/C(O)C(CS(=O)(=O)O)NC(=O)CCCCCCC/C=C\CCCCCCCCC. The number of allylic oxidation sites excluding steroid dienone is 5. The Labute approximate surface area is 259 Å². The molecule has 7 heteroatoms. The van der Waals surface area contributed by atoms with Gasteiger partial charge in [0.25, 0.3) is 10.1 Å². The van der Waals surface area contributed by atoms with E-state index in [-0.39, 0.29) is 12.3 Å². The van der Waals surface area contributed by atoms with E-state index >= 15 is 0 Å². The molecule has 0 aliphatic carbocycles. The minimum atomic E-state index is -4.35. The zero-order valence-electron chi connectivity index (χ0n) is 27.1. The molecule has 1 amide bonds. The molecule has 0 aliphatic heterocycles. The van der Waals surface area contributed by atoms with Gasteiger partial charge >= 0.3 is 0 Å². The van der Waals surface area contributed by atoms with Crippen molar-refractivity contribution >= 4 is 16.0 Å². The number of rotatable bonds is 30. The van der Waals surface area contributed by atoms with Crippen LogP contribution in [-0.2, 0) is 14.9 Å². The Morgan fingerprint density at radius 3 is 1.50 bits per heavy atom. The van der Waals surface area contributed by atoms with Crippen molar-refractivity contribution in [1.82, 2.24) is 5.32 Å². The molecule has 0 heterocycles. The van der Waals surface area contributed by atoms with Crippen molar-refractivity contribution in [3.05, 3.63) is 36.5 Å². The van der Waals surface area contributed by atoms with E-state index < -0.39 is 28.0 Å². The van der Waals surface area contributed by atoms with Gasteiger partial charge in [0.1, 0.15) is 0 Å². The maximum Gasteiger partial charge on any atom is 0.267 e. The highest BCUT2D eigenvalue weighted by Crippen LogP contribution is 2.11. The van der Waals surface area contributed by atoms with Crippen LogP contribution >= 0.6 is 0 Å². The third kappa shape index (κ3) is 30.0. The molecular weight excluding hydrogens is 546 g/mol. The molecule has 6 nitrogen and oxygen atoms in total. The molecule has 0 aliphatic rings. The first-order valence-corrected chi connectivity index (χ1v) is 18.8. The van der Waals surface area contributed by atoms with Crippen molar-refractivity contribution in [2.24, 2.45) is 0 Å². The van der Waals surface area contributed by atoms with Crippen LogP contribution < -0.4 is 5.32 Å². The molecule has 2 unspecified atom stereocenters. The number of nitrogens with one attached hydrogen (secondary N) is 1. The number of amides is 1. The van der Waals surface area contributed by atoms with Gasteiger partial charge in [-0.1, -0.05) is 134 Å². The van der Waals surface area contributed by atoms with E-state index in [0.717, 1.165) is 51.4 Å². The van der Waals surface area contributed by atoms with E-state index in [9.17, 15) is 22.9 Å². The standard InChI is InChI=1S/C35H65NO5S/c1-3-5-7-9-11-13-15-16-17-18-19-21-23-25-27-29-31-35(38)36-33(32-42(39,40)41)34(37)30-28-26-24-22-20-14-12-10-8-6-4-2/h17-18,20,22,28,30,33-34,37H,3-16,19,21,23-27,29,31-32H2,1-2H3,(H,36,38)(H,39,40,41)/b18-17-,22-20+,30-28+. The minimum Gasteiger partial charge on any atom is -0.387 e. The average molecular weight is 612 g/mol. The first-order chi connectivity index (χ1) is 20.3. The molecule has 0 radical (unpaired) electrons. The first kappa shape index (κ1) is 40.6. The number of unbranched alkanes of at least 4 members (excludes halogenated alkanes) is 18. The van der Waals surface area contributed by atoms with Gasteiger partial charge in [-0.3, -0.25) is 9.35 Å². The summed E-state index contributed by atoms with van der Waals surface area (Å²) in [4.78, 5) is 12.4. The molecule has 0 aromatic heterocycles. The second kappa shape index (κ2) is 29.6. The molecule has 0 saturated carbocycles. The van der Waals surface area contributed by atoms with Crippen molar-refractivity contribution < 1.29 is 22.9 Å². The normalized spacial score (nSPS) is 13.9. The van der Waals surface area contributed by atoms with Crippen molar-refractivity contribution in [3.63, 3.8) is 0 Å². The second-order valence-corrected chi connectivity index (χ2v) is 13.3. The van der Waals surface area contributed by atoms with Gasteiger partial charge in [0.15, 0.2) is 0 Å². The molecule has 0 fully saturated rings. The maximum absolute atomic E-state index is 12.4. The van der Waals surface area contributed by atoms with E-state index in [1.165, 1.54) is 89.5 Å². The van der Waals surface area contributed by atoms with E-state index in [1.807, 2.05) is 0 Å². The maximum atomic E-state index is 12.4. The summed E-state index contributed by atoms with van der Waals surface area (Å²) in [5, 5.41) is 13.1. The number of hydrogen-bond acceptors (Lipinski definition) is 4. The molecule has 0 spiro atoms. The van der Waals surface area contributed by atoms with E-state index in [0.29, 0.717) is 6.42 Å². The third-order valence-electron chi connectivity index (χ3n) is 7.54. The van der Waals surface area contributed by atoms with Crippen LogP contribution in [0, 0.1) is 0 Å². The van der Waals surface area contributed by atoms with Crippen LogP contribution in [0.4, 0.5) is 0 Å². The van der Waals surface area contributed by atoms with Crippen molar-refractivity contribution in [2.75, 3.05) is 5.75 Å². The fraction of sp³-hybridized carbons (Fsp3) is 0.800. The van der Waals surface area contributed by atoms with Crippen LogP contribution in [0.2, 0.25) is 0 Å². The Morgan fingerprint density at radius 2 is 1.02 bits per heavy atom. The summed E-state index contributed by atoms with van der Waals surface area (Å²) in [7, 11) is -4.35. The summed E-state index contributed by atoms with van der Waals surface area (Å²) >= 11 is 0. The van der Waals surface area contributed by atoms with Gasteiger partial charge in [-0.15, -0.1) is 0 Å². The van der Waals surface area contributed by atoms with Crippen molar-refractivity contribution in [1.29, 1.82) is 0 Å². The zero-order valence-corrected chi connectivity index (χ0v) is 27.9. The average Bonchev–Trinajstić information content (AvgIpc) is 2.94. The van der Waals surface area contributed by atoms with Gasteiger partial charge in [-0.05, 0) is 57.8 Å². The van der Waals surface area contributed by atoms with Gasteiger partial charge in [0, 0.05) is 6.42 Å². The summed E-state index contributed by atoms with van der Waals surface area (Å²) < 4.78 is 32.2. The van der Waals surface area contributed by atoms with Crippen molar-refractivity contribution in [3.8, 4) is 0 Å². The van der Waals surface area contributed by atoms with Crippen molar-refractivity contribution in [2.45, 2.75) is 174 Å². The predicted octanol–water partition coefficient (Wildman–Crippen LogP) is 9.40. The van der Waals surface area contributed by atoms with Crippen LogP contribution in [0.15, 0.2) is 36.5 Å². The number of hydrogen-bond donors (Lipinski definition) is 3. The Kier molecular flexibility index (Phi) is 28.6. The molecule has 0 saturated heterocycles. The molecule has 0 aromatic rings. The number of carbonyl (C=O) groups excluding carboxylic acids is 1. The Bertz CT molecular complexity index is 806. The first-order valence-electron chi connectivity index (χ1n) is 17.2. The molecular formula is C35H65NO5S. The molecule has 2 atom stereocenters. The fourth-order valence-corrected chi connectivity index (χ4v) is 5.66. The van der Waals surface area contributed by atoms with E-state index in [4.69, 9.17) is 0 Å². The summed E-state index contributed by atoms with van der Waals surface area (Å²) in [6, 6.07) is -1.07. The highest BCUT2D eigenvalue weighted by Gasteiger charge is 2.24. The Morgan fingerprint density at radius 1 is 0.619 bits per heavy atom. The van der Waals surface area contributed by atoms with Gasteiger partial charge in [-0.2, -0.15) is 8.42 Å². The number of aliphatic hydroxyl groups excluding tert-OH is 1.